The number of hydrogen-bond donors (Lipinski definition) is 2. The molecule has 2 N–H and O–H groups in total. The summed E-state index contributed by atoms with van der Waals surface area (Å²) in [5.74, 6) is 0.531. The van der Waals surface area contributed by atoms with Gasteiger partial charge in [-0.2, -0.15) is 5.21 Å². The molecule has 1 aliphatic rings. The first-order valence-electron chi connectivity index (χ1n) is 6.09. The van der Waals surface area contributed by atoms with Gasteiger partial charge in [-0.25, -0.2) is 4.98 Å². The SMILES string of the molecule is O=C(Nc1ccc(N2CCCC2)nc1)c1nn[nH]n1. The van der Waals surface area contributed by atoms with Crippen LogP contribution < -0.4 is 10.2 Å². The third kappa shape index (κ3) is 2.51. The lowest BCUT2D eigenvalue weighted by Crippen LogP contribution is -2.19. The van der Waals surface area contributed by atoms with Crippen molar-refractivity contribution >= 4 is 17.4 Å². The molecule has 3 heterocycles. The Bertz CT molecular complexity index is 545. The lowest BCUT2D eigenvalue weighted by Gasteiger charge is -2.16. The summed E-state index contributed by atoms with van der Waals surface area (Å²) >= 11 is 0. The van der Waals surface area contributed by atoms with Crippen molar-refractivity contribution in [3.8, 4) is 0 Å². The minimum Gasteiger partial charge on any atom is -0.357 e. The number of amides is 1. The Morgan fingerprint density at radius 3 is 2.79 bits per heavy atom. The van der Waals surface area contributed by atoms with Crippen LogP contribution in [-0.2, 0) is 0 Å². The third-order valence-electron chi connectivity index (χ3n) is 2.98. The summed E-state index contributed by atoms with van der Waals surface area (Å²) in [5, 5.41) is 15.4. The molecule has 19 heavy (non-hydrogen) atoms. The fourth-order valence-corrected chi connectivity index (χ4v) is 2.04. The molecule has 0 atom stereocenters. The molecule has 0 saturated carbocycles. The van der Waals surface area contributed by atoms with Gasteiger partial charge in [-0.15, -0.1) is 10.2 Å². The predicted octanol–water partition coefficient (Wildman–Crippen LogP) is 0.447. The van der Waals surface area contributed by atoms with Crippen molar-refractivity contribution in [2.45, 2.75) is 12.8 Å². The summed E-state index contributed by atoms with van der Waals surface area (Å²) in [6, 6.07) is 3.72. The van der Waals surface area contributed by atoms with Crippen molar-refractivity contribution in [1.29, 1.82) is 0 Å². The molecular weight excluding hydrogens is 246 g/mol. The number of hydrogen-bond acceptors (Lipinski definition) is 6. The number of tetrazole rings is 1. The van der Waals surface area contributed by atoms with Gasteiger partial charge in [0.1, 0.15) is 5.82 Å². The van der Waals surface area contributed by atoms with Crippen LogP contribution in [0.15, 0.2) is 18.3 Å². The maximum atomic E-state index is 11.7. The number of nitrogens with zero attached hydrogens (tertiary/aromatic N) is 5. The van der Waals surface area contributed by atoms with Crippen LogP contribution in [0.3, 0.4) is 0 Å². The lowest BCUT2D eigenvalue weighted by atomic mass is 10.3. The largest absolute Gasteiger partial charge is 0.357 e. The number of nitrogens with one attached hydrogen (secondary N) is 2. The van der Waals surface area contributed by atoms with Crippen molar-refractivity contribution in [1.82, 2.24) is 25.6 Å². The second-order valence-corrected chi connectivity index (χ2v) is 4.29. The van der Waals surface area contributed by atoms with E-state index in [9.17, 15) is 4.79 Å². The van der Waals surface area contributed by atoms with E-state index in [0.717, 1.165) is 18.9 Å². The number of pyridine rings is 1. The fraction of sp³-hybridized carbons (Fsp3) is 0.364. The second-order valence-electron chi connectivity index (χ2n) is 4.29. The molecule has 0 aliphatic carbocycles. The van der Waals surface area contributed by atoms with E-state index in [0.29, 0.717) is 5.69 Å². The molecule has 98 valence electrons. The first kappa shape index (κ1) is 11.6. The van der Waals surface area contributed by atoms with E-state index in [2.05, 4.69) is 35.8 Å². The molecule has 1 saturated heterocycles. The van der Waals surface area contributed by atoms with E-state index < -0.39 is 5.91 Å². The van der Waals surface area contributed by atoms with E-state index in [1.165, 1.54) is 12.8 Å². The van der Waals surface area contributed by atoms with Crippen LogP contribution >= 0.6 is 0 Å². The third-order valence-corrected chi connectivity index (χ3v) is 2.98. The zero-order valence-electron chi connectivity index (χ0n) is 10.2. The van der Waals surface area contributed by atoms with Gasteiger partial charge in [0.15, 0.2) is 0 Å². The Balaban J connectivity index is 1.67. The number of aromatic nitrogens is 5. The molecule has 1 amide bonds. The van der Waals surface area contributed by atoms with Gasteiger partial charge in [-0.3, -0.25) is 4.79 Å². The van der Waals surface area contributed by atoms with Crippen LogP contribution in [0.5, 0.6) is 0 Å². The number of aromatic amines is 1. The summed E-state index contributed by atoms with van der Waals surface area (Å²) < 4.78 is 0. The highest BCUT2D eigenvalue weighted by atomic mass is 16.2. The maximum Gasteiger partial charge on any atom is 0.297 e. The molecule has 3 rings (SSSR count). The molecule has 2 aromatic rings. The molecule has 0 aromatic carbocycles. The van der Waals surface area contributed by atoms with E-state index in [1.807, 2.05) is 12.1 Å². The van der Waals surface area contributed by atoms with Crippen LogP contribution in [0.2, 0.25) is 0 Å². The Labute approximate surface area is 109 Å². The Morgan fingerprint density at radius 2 is 2.16 bits per heavy atom. The number of H-pyrrole nitrogens is 1. The first-order valence-corrected chi connectivity index (χ1v) is 6.09. The highest BCUT2D eigenvalue weighted by Crippen LogP contribution is 2.19. The van der Waals surface area contributed by atoms with Crippen molar-refractivity contribution in [3.63, 3.8) is 0 Å². The fourth-order valence-electron chi connectivity index (χ4n) is 2.04. The topological polar surface area (TPSA) is 99.7 Å². The average Bonchev–Trinajstić information content (AvgIpc) is 3.13. The molecule has 8 nitrogen and oxygen atoms in total. The summed E-state index contributed by atoms with van der Waals surface area (Å²) in [7, 11) is 0. The van der Waals surface area contributed by atoms with Gasteiger partial charge in [0.25, 0.3) is 11.7 Å². The van der Waals surface area contributed by atoms with E-state index in [4.69, 9.17) is 0 Å². The Kier molecular flexibility index (Phi) is 3.05. The second kappa shape index (κ2) is 5.01. The minimum absolute atomic E-state index is 0.00335. The van der Waals surface area contributed by atoms with Crippen molar-refractivity contribution in [3.05, 3.63) is 24.2 Å². The van der Waals surface area contributed by atoms with Crippen molar-refractivity contribution in [2.75, 3.05) is 23.3 Å². The molecular formula is C11H13N7O. The zero-order chi connectivity index (χ0) is 13.1. The van der Waals surface area contributed by atoms with Crippen molar-refractivity contribution < 1.29 is 4.79 Å². The van der Waals surface area contributed by atoms with Gasteiger partial charge in [0.05, 0.1) is 11.9 Å². The van der Waals surface area contributed by atoms with Gasteiger partial charge in [0, 0.05) is 13.1 Å². The lowest BCUT2D eigenvalue weighted by molar-refractivity contribution is 0.101. The summed E-state index contributed by atoms with van der Waals surface area (Å²) in [6.07, 6.45) is 4.04. The highest BCUT2D eigenvalue weighted by Gasteiger charge is 2.14. The van der Waals surface area contributed by atoms with Gasteiger partial charge in [-0.05, 0) is 30.2 Å². The highest BCUT2D eigenvalue weighted by molar-refractivity contribution is 6.01. The molecule has 0 bridgehead atoms. The van der Waals surface area contributed by atoms with Gasteiger partial charge < -0.3 is 10.2 Å². The van der Waals surface area contributed by atoms with Crippen molar-refractivity contribution in [2.24, 2.45) is 0 Å². The van der Waals surface area contributed by atoms with E-state index in [1.54, 1.807) is 6.20 Å². The molecule has 0 radical (unpaired) electrons. The monoisotopic (exact) mass is 259 g/mol. The normalized spacial score (nSPS) is 14.6. The molecule has 1 aliphatic heterocycles. The van der Waals surface area contributed by atoms with Crippen LogP contribution in [0.1, 0.15) is 23.5 Å². The van der Waals surface area contributed by atoms with Crippen LogP contribution in [0.25, 0.3) is 0 Å². The van der Waals surface area contributed by atoms with Gasteiger partial charge in [-0.1, -0.05) is 0 Å². The smallest absolute Gasteiger partial charge is 0.297 e. The Hall–Kier alpha value is -2.51. The number of carbonyl (C=O) groups is 1. The summed E-state index contributed by atoms with van der Waals surface area (Å²) in [4.78, 5) is 18.3. The average molecular weight is 259 g/mol. The van der Waals surface area contributed by atoms with E-state index >= 15 is 0 Å². The first-order chi connectivity index (χ1) is 9.33. The molecule has 2 aromatic heterocycles. The minimum atomic E-state index is -0.413. The number of carbonyl (C=O) groups excluding carboxylic acids is 1. The Morgan fingerprint density at radius 1 is 1.32 bits per heavy atom. The molecule has 0 unspecified atom stereocenters. The van der Waals surface area contributed by atoms with Crippen LogP contribution in [0.4, 0.5) is 11.5 Å². The number of anilines is 2. The summed E-state index contributed by atoms with van der Waals surface area (Å²) in [6.45, 7) is 2.09. The number of rotatable bonds is 3. The van der Waals surface area contributed by atoms with Crippen LogP contribution in [0, 0.1) is 0 Å². The quantitative estimate of drug-likeness (QED) is 0.830. The molecule has 0 spiro atoms. The standard InChI is InChI=1S/C11H13N7O/c19-11(10-14-16-17-15-10)13-8-3-4-9(12-7-8)18-5-1-2-6-18/h3-4,7H,1-2,5-6H2,(H,13,19)(H,14,15,16,17). The predicted molar refractivity (Wildman–Crippen MR) is 67.8 cm³/mol. The molecule has 8 heteroatoms. The summed E-state index contributed by atoms with van der Waals surface area (Å²) in [5.41, 5.74) is 0.609. The zero-order valence-corrected chi connectivity index (χ0v) is 10.2. The van der Waals surface area contributed by atoms with E-state index in [-0.39, 0.29) is 5.82 Å². The maximum absolute atomic E-state index is 11.7. The van der Waals surface area contributed by atoms with Crippen LogP contribution in [-0.4, -0.2) is 44.6 Å². The molecule has 1 fully saturated rings. The van der Waals surface area contributed by atoms with Gasteiger partial charge in [0.2, 0.25) is 0 Å². The van der Waals surface area contributed by atoms with Gasteiger partial charge >= 0.3 is 0 Å².